The Labute approximate surface area is 123 Å². The van der Waals surface area contributed by atoms with Gasteiger partial charge >= 0.3 is 0 Å². The van der Waals surface area contributed by atoms with E-state index < -0.39 is 0 Å². The molecule has 0 aliphatic rings. The number of hydrogen-bond donors (Lipinski definition) is 2. The number of aliphatic hydroxyl groups is 1. The zero-order chi connectivity index (χ0) is 14.1. The van der Waals surface area contributed by atoms with Crippen LogP contribution in [0.15, 0.2) is 35.3 Å². The Morgan fingerprint density at radius 3 is 2.95 bits per heavy atom. The van der Waals surface area contributed by atoms with E-state index in [4.69, 9.17) is 10.8 Å². The van der Waals surface area contributed by atoms with Crippen LogP contribution in [-0.4, -0.2) is 31.2 Å². The normalized spacial score (nSPS) is 11.1. The summed E-state index contributed by atoms with van der Waals surface area (Å²) in [6.45, 7) is 0.561. The molecule has 0 radical (unpaired) electrons. The average molecular weight is 334 g/mol. The third kappa shape index (κ3) is 2.25. The van der Waals surface area contributed by atoms with Gasteiger partial charge in [0.15, 0.2) is 0 Å². The molecule has 0 amide bonds. The number of nitrogens with two attached hydrogens (primary N) is 1. The van der Waals surface area contributed by atoms with E-state index in [1.807, 2.05) is 22.9 Å². The molecule has 3 aromatic rings. The summed E-state index contributed by atoms with van der Waals surface area (Å²) in [5.41, 5.74) is 8.27. The molecule has 102 valence electrons. The summed E-state index contributed by atoms with van der Waals surface area (Å²) in [6.07, 6.45) is 5.34. The maximum absolute atomic E-state index is 9.16. The lowest BCUT2D eigenvalue weighted by Crippen LogP contribution is -2.00. The fourth-order valence-electron chi connectivity index (χ4n) is 2.18. The van der Waals surface area contributed by atoms with Crippen LogP contribution >= 0.6 is 15.9 Å². The van der Waals surface area contributed by atoms with Gasteiger partial charge in [-0.3, -0.25) is 0 Å². The Morgan fingerprint density at radius 2 is 2.20 bits per heavy atom. The van der Waals surface area contributed by atoms with Crippen molar-refractivity contribution in [1.82, 2.24) is 19.5 Å². The molecule has 3 aromatic heterocycles. The van der Waals surface area contributed by atoms with Crippen molar-refractivity contribution >= 4 is 32.8 Å². The monoisotopic (exact) mass is 333 g/mol. The van der Waals surface area contributed by atoms with Crippen molar-refractivity contribution in [2.75, 3.05) is 12.3 Å². The Kier molecular flexibility index (Phi) is 3.37. The quantitative estimate of drug-likeness (QED) is 0.713. The van der Waals surface area contributed by atoms with Crippen molar-refractivity contribution in [2.45, 2.75) is 6.54 Å². The van der Waals surface area contributed by atoms with Crippen molar-refractivity contribution in [3.05, 3.63) is 35.3 Å². The fourth-order valence-corrected chi connectivity index (χ4v) is 2.51. The van der Waals surface area contributed by atoms with E-state index in [0.29, 0.717) is 6.54 Å². The molecule has 0 unspecified atom stereocenters. The van der Waals surface area contributed by atoms with Crippen molar-refractivity contribution in [1.29, 1.82) is 0 Å². The molecule has 0 aliphatic heterocycles. The van der Waals surface area contributed by atoms with Gasteiger partial charge in [0.1, 0.15) is 4.60 Å². The molecule has 3 N–H and O–H groups in total. The highest BCUT2D eigenvalue weighted by molar-refractivity contribution is 9.10. The van der Waals surface area contributed by atoms with Crippen LogP contribution in [0, 0.1) is 0 Å². The molecule has 3 heterocycles. The molecule has 0 saturated carbocycles. The molecule has 0 fully saturated rings. The lowest BCUT2D eigenvalue weighted by molar-refractivity contribution is 0.278. The highest BCUT2D eigenvalue weighted by Crippen LogP contribution is 2.30. The van der Waals surface area contributed by atoms with Crippen molar-refractivity contribution in [3.8, 4) is 11.3 Å². The average Bonchev–Trinajstić information content (AvgIpc) is 2.77. The molecule has 0 aliphatic carbocycles. The van der Waals surface area contributed by atoms with E-state index in [1.54, 1.807) is 12.4 Å². The molecule has 6 nitrogen and oxygen atoms in total. The van der Waals surface area contributed by atoms with Crippen LogP contribution in [0.5, 0.6) is 0 Å². The zero-order valence-electron chi connectivity index (χ0n) is 10.5. The number of nitrogen functional groups attached to an aromatic ring is 1. The van der Waals surface area contributed by atoms with Crippen LogP contribution in [0.4, 0.5) is 5.95 Å². The number of rotatable bonds is 3. The van der Waals surface area contributed by atoms with Crippen LogP contribution in [0.2, 0.25) is 0 Å². The van der Waals surface area contributed by atoms with E-state index in [1.165, 1.54) is 0 Å². The summed E-state index contributed by atoms with van der Waals surface area (Å²) < 4.78 is 2.69. The van der Waals surface area contributed by atoms with Gasteiger partial charge in [0, 0.05) is 29.9 Å². The van der Waals surface area contributed by atoms with Gasteiger partial charge in [0.2, 0.25) is 5.95 Å². The van der Waals surface area contributed by atoms with Crippen LogP contribution in [-0.2, 0) is 6.54 Å². The molecule has 0 spiro atoms. The van der Waals surface area contributed by atoms with Gasteiger partial charge in [-0.05, 0) is 28.1 Å². The van der Waals surface area contributed by atoms with E-state index in [0.717, 1.165) is 26.8 Å². The van der Waals surface area contributed by atoms with Gasteiger partial charge in [-0.25, -0.2) is 15.0 Å². The van der Waals surface area contributed by atoms with E-state index in [9.17, 15) is 0 Å². The van der Waals surface area contributed by atoms with Gasteiger partial charge in [0.05, 0.1) is 24.0 Å². The van der Waals surface area contributed by atoms with Crippen molar-refractivity contribution in [2.24, 2.45) is 0 Å². The maximum atomic E-state index is 9.16. The third-order valence-corrected chi connectivity index (χ3v) is 3.46. The van der Waals surface area contributed by atoms with Crippen LogP contribution < -0.4 is 5.73 Å². The first-order chi connectivity index (χ1) is 9.69. The van der Waals surface area contributed by atoms with E-state index in [2.05, 4.69) is 30.9 Å². The molecule has 0 saturated heterocycles. The Bertz CT molecular complexity index is 771. The first-order valence-corrected chi connectivity index (χ1v) is 6.82. The van der Waals surface area contributed by atoms with Gasteiger partial charge in [-0.1, -0.05) is 0 Å². The number of pyridine rings is 1. The van der Waals surface area contributed by atoms with Gasteiger partial charge in [-0.15, -0.1) is 0 Å². The summed E-state index contributed by atoms with van der Waals surface area (Å²) in [6, 6.07) is 3.74. The van der Waals surface area contributed by atoms with Crippen LogP contribution in [0.3, 0.4) is 0 Å². The molecule has 20 heavy (non-hydrogen) atoms. The number of halogens is 1. The second kappa shape index (κ2) is 5.18. The molecular weight excluding hydrogens is 322 g/mol. The first kappa shape index (κ1) is 13.0. The zero-order valence-corrected chi connectivity index (χ0v) is 12.1. The Morgan fingerprint density at radius 1 is 1.35 bits per heavy atom. The summed E-state index contributed by atoms with van der Waals surface area (Å²) in [4.78, 5) is 12.4. The summed E-state index contributed by atoms with van der Waals surface area (Å²) >= 11 is 3.37. The van der Waals surface area contributed by atoms with E-state index >= 15 is 0 Å². The Balaban J connectivity index is 2.26. The summed E-state index contributed by atoms with van der Waals surface area (Å²) in [7, 11) is 0. The van der Waals surface area contributed by atoms with Crippen molar-refractivity contribution < 1.29 is 5.11 Å². The van der Waals surface area contributed by atoms with Crippen LogP contribution in [0.1, 0.15) is 0 Å². The summed E-state index contributed by atoms with van der Waals surface area (Å²) in [5, 5.41) is 10.2. The van der Waals surface area contributed by atoms with Crippen LogP contribution in [0.25, 0.3) is 22.2 Å². The van der Waals surface area contributed by atoms with Gasteiger partial charge < -0.3 is 15.4 Å². The maximum Gasteiger partial charge on any atom is 0.220 e. The SMILES string of the molecule is Nc1nccc(-c2cn(CCO)c3cnc(Br)cc23)n1. The second-order valence-corrected chi connectivity index (χ2v) is 5.10. The molecule has 7 heteroatoms. The van der Waals surface area contributed by atoms with Gasteiger partial charge in [-0.2, -0.15) is 0 Å². The summed E-state index contributed by atoms with van der Waals surface area (Å²) in [5.74, 6) is 0.235. The Hall–Kier alpha value is -1.99. The number of anilines is 1. The van der Waals surface area contributed by atoms with E-state index in [-0.39, 0.29) is 12.6 Å². The number of aromatic nitrogens is 4. The minimum Gasteiger partial charge on any atom is -0.395 e. The molecule has 0 bridgehead atoms. The molecule has 0 atom stereocenters. The number of nitrogens with zero attached hydrogens (tertiary/aromatic N) is 4. The lowest BCUT2D eigenvalue weighted by atomic mass is 10.1. The predicted molar refractivity (Wildman–Crippen MR) is 80.0 cm³/mol. The molecule has 0 aromatic carbocycles. The second-order valence-electron chi connectivity index (χ2n) is 4.28. The minimum atomic E-state index is 0.0607. The number of hydrogen-bond acceptors (Lipinski definition) is 5. The third-order valence-electron chi connectivity index (χ3n) is 3.03. The predicted octanol–water partition coefficient (Wildman–Crippen LogP) is 1.83. The lowest BCUT2D eigenvalue weighted by Gasteiger charge is -2.01. The number of fused-ring (bicyclic) bond motifs is 1. The molecule has 3 rings (SSSR count). The standard InChI is InChI=1S/C13H12BrN5O/c14-12-5-8-9(10-1-2-16-13(15)18-10)7-19(3-4-20)11(8)6-17-12/h1-2,5-7,20H,3-4H2,(H2,15,16,18). The van der Waals surface area contributed by atoms with Crippen molar-refractivity contribution in [3.63, 3.8) is 0 Å². The topological polar surface area (TPSA) is 89.8 Å². The smallest absolute Gasteiger partial charge is 0.220 e. The fraction of sp³-hybridized carbons (Fsp3) is 0.154. The highest BCUT2D eigenvalue weighted by Gasteiger charge is 2.12. The number of aliphatic hydroxyl groups excluding tert-OH is 1. The van der Waals surface area contributed by atoms with Gasteiger partial charge in [0.25, 0.3) is 0 Å². The minimum absolute atomic E-state index is 0.0607. The molecular formula is C13H12BrN5O. The highest BCUT2D eigenvalue weighted by atomic mass is 79.9. The first-order valence-electron chi connectivity index (χ1n) is 6.03. The largest absolute Gasteiger partial charge is 0.395 e.